The molecule has 1 aromatic heterocycles. The van der Waals surface area contributed by atoms with Crippen molar-refractivity contribution in [3.05, 3.63) is 30.1 Å². The predicted octanol–water partition coefficient (Wildman–Crippen LogP) is 1.85. The molecule has 2 aromatic rings. The summed E-state index contributed by atoms with van der Waals surface area (Å²) in [5.41, 5.74) is 7.50. The van der Waals surface area contributed by atoms with E-state index in [1.54, 1.807) is 0 Å². The van der Waals surface area contributed by atoms with Gasteiger partial charge in [-0.25, -0.2) is 4.98 Å². The minimum atomic E-state index is 0.323. The highest BCUT2D eigenvalue weighted by Crippen LogP contribution is 2.28. The molecule has 3 heterocycles. The van der Waals surface area contributed by atoms with Crippen LogP contribution in [0.4, 0.5) is 11.6 Å². The standard InChI is InChI=1S/C18H23N5O2/c19-15-3-1-13(2-4-15)16-20-17(14-5-9-24-10-6-14)22-18(21-16)23-7-11-25-12-8-23/h1-4,14H,5-12,19H2. The van der Waals surface area contributed by atoms with Gasteiger partial charge in [0.2, 0.25) is 5.95 Å². The van der Waals surface area contributed by atoms with Gasteiger partial charge in [-0.1, -0.05) is 0 Å². The third-order valence-corrected chi connectivity index (χ3v) is 4.69. The van der Waals surface area contributed by atoms with Crippen molar-refractivity contribution in [3.8, 4) is 11.4 Å². The van der Waals surface area contributed by atoms with Crippen LogP contribution in [-0.2, 0) is 9.47 Å². The van der Waals surface area contributed by atoms with Crippen molar-refractivity contribution in [2.75, 3.05) is 50.2 Å². The van der Waals surface area contributed by atoms with Crippen LogP contribution in [-0.4, -0.2) is 54.5 Å². The monoisotopic (exact) mass is 341 g/mol. The molecule has 0 bridgehead atoms. The van der Waals surface area contributed by atoms with Gasteiger partial charge in [-0.2, -0.15) is 9.97 Å². The number of nitrogen functional groups attached to an aromatic ring is 1. The fraction of sp³-hybridized carbons (Fsp3) is 0.500. The van der Waals surface area contributed by atoms with E-state index < -0.39 is 0 Å². The van der Waals surface area contributed by atoms with Crippen molar-refractivity contribution in [1.29, 1.82) is 0 Å². The number of ether oxygens (including phenoxy) is 2. The van der Waals surface area contributed by atoms with Crippen LogP contribution in [0, 0.1) is 0 Å². The highest BCUT2D eigenvalue weighted by molar-refractivity contribution is 5.59. The molecule has 2 N–H and O–H groups in total. The second-order valence-electron chi connectivity index (χ2n) is 6.43. The lowest BCUT2D eigenvalue weighted by Gasteiger charge is -2.28. The number of morpholine rings is 1. The summed E-state index contributed by atoms with van der Waals surface area (Å²) in [6.07, 6.45) is 1.90. The van der Waals surface area contributed by atoms with Crippen molar-refractivity contribution < 1.29 is 9.47 Å². The second-order valence-corrected chi connectivity index (χ2v) is 6.43. The molecule has 0 spiro atoms. The third-order valence-electron chi connectivity index (χ3n) is 4.69. The number of nitrogens with two attached hydrogens (primary N) is 1. The van der Waals surface area contributed by atoms with E-state index in [-0.39, 0.29) is 0 Å². The Kier molecular flexibility index (Phi) is 4.76. The number of aromatic nitrogens is 3. The molecule has 4 rings (SSSR count). The topological polar surface area (TPSA) is 86.4 Å². The van der Waals surface area contributed by atoms with Gasteiger partial charge in [0.05, 0.1) is 13.2 Å². The fourth-order valence-corrected chi connectivity index (χ4v) is 3.19. The molecule has 0 atom stereocenters. The van der Waals surface area contributed by atoms with Gasteiger partial charge < -0.3 is 20.1 Å². The van der Waals surface area contributed by atoms with Gasteiger partial charge in [-0.3, -0.25) is 0 Å². The molecule has 2 fully saturated rings. The van der Waals surface area contributed by atoms with Crippen molar-refractivity contribution in [2.45, 2.75) is 18.8 Å². The molecule has 2 aliphatic rings. The van der Waals surface area contributed by atoms with E-state index in [1.807, 2.05) is 24.3 Å². The molecule has 0 radical (unpaired) electrons. The van der Waals surface area contributed by atoms with Crippen molar-refractivity contribution in [2.24, 2.45) is 0 Å². The van der Waals surface area contributed by atoms with Gasteiger partial charge >= 0.3 is 0 Å². The fourth-order valence-electron chi connectivity index (χ4n) is 3.19. The van der Waals surface area contributed by atoms with Crippen LogP contribution in [0.15, 0.2) is 24.3 Å². The summed E-state index contributed by atoms with van der Waals surface area (Å²) < 4.78 is 10.9. The zero-order valence-electron chi connectivity index (χ0n) is 14.2. The normalized spacial score (nSPS) is 19.1. The molecule has 2 saturated heterocycles. The van der Waals surface area contributed by atoms with Crippen LogP contribution in [0.1, 0.15) is 24.6 Å². The number of rotatable bonds is 3. The van der Waals surface area contributed by atoms with Crippen LogP contribution in [0.25, 0.3) is 11.4 Å². The number of nitrogens with zero attached hydrogens (tertiary/aromatic N) is 4. The van der Waals surface area contributed by atoms with Gasteiger partial charge in [-0.05, 0) is 37.1 Å². The van der Waals surface area contributed by atoms with Crippen molar-refractivity contribution in [3.63, 3.8) is 0 Å². The lowest BCUT2D eigenvalue weighted by atomic mass is 9.99. The van der Waals surface area contributed by atoms with Crippen LogP contribution in [0.3, 0.4) is 0 Å². The van der Waals surface area contributed by atoms with Crippen LogP contribution >= 0.6 is 0 Å². The predicted molar refractivity (Wildman–Crippen MR) is 95.5 cm³/mol. The Labute approximate surface area is 147 Å². The summed E-state index contributed by atoms with van der Waals surface area (Å²) in [5, 5.41) is 0. The zero-order chi connectivity index (χ0) is 17.1. The van der Waals surface area contributed by atoms with Crippen LogP contribution < -0.4 is 10.6 Å². The van der Waals surface area contributed by atoms with E-state index in [0.29, 0.717) is 25.0 Å². The SMILES string of the molecule is Nc1ccc(-c2nc(C3CCOCC3)nc(N3CCOCC3)n2)cc1. The molecular weight excluding hydrogens is 318 g/mol. The Morgan fingerprint density at radius 1 is 0.880 bits per heavy atom. The Balaban J connectivity index is 1.72. The number of hydrogen-bond acceptors (Lipinski definition) is 7. The lowest BCUT2D eigenvalue weighted by Crippen LogP contribution is -2.37. The molecule has 2 aliphatic heterocycles. The molecule has 0 amide bonds. The quantitative estimate of drug-likeness (QED) is 0.853. The summed E-state index contributed by atoms with van der Waals surface area (Å²) in [6, 6.07) is 7.67. The summed E-state index contributed by atoms with van der Waals surface area (Å²) in [4.78, 5) is 16.5. The Morgan fingerprint density at radius 3 is 2.28 bits per heavy atom. The van der Waals surface area contributed by atoms with Crippen molar-refractivity contribution in [1.82, 2.24) is 15.0 Å². The van der Waals surface area contributed by atoms with Gasteiger partial charge in [0, 0.05) is 43.5 Å². The molecular formula is C18H23N5O2. The van der Waals surface area contributed by atoms with E-state index >= 15 is 0 Å². The molecule has 25 heavy (non-hydrogen) atoms. The third kappa shape index (κ3) is 3.72. The van der Waals surface area contributed by atoms with E-state index in [2.05, 4.69) is 4.90 Å². The molecule has 7 heteroatoms. The highest BCUT2D eigenvalue weighted by Gasteiger charge is 2.23. The second kappa shape index (κ2) is 7.33. The van der Waals surface area contributed by atoms with Gasteiger partial charge in [0.1, 0.15) is 5.82 Å². The van der Waals surface area contributed by atoms with Crippen molar-refractivity contribution >= 4 is 11.6 Å². The van der Waals surface area contributed by atoms with E-state index in [4.69, 9.17) is 30.2 Å². The largest absolute Gasteiger partial charge is 0.399 e. The maximum atomic E-state index is 5.81. The number of hydrogen-bond donors (Lipinski definition) is 1. The maximum absolute atomic E-state index is 5.81. The minimum Gasteiger partial charge on any atom is -0.399 e. The van der Waals surface area contributed by atoms with Crippen LogP contribution in [0.2, 0.25) is 0 Å². The molecule has 0 unspecified atom stereocenters. The molecule has 1 aromatic carbocycles. The first-order chi connectivity index (χ1) is 12.3. The minimum absolute atomic E-state index is 0.323. The lowest BCUT2D eigenvalue weighted by molar-refractivity contribution is 0.0835. The first-order valence-electron chi connectivity index (χ1n) is 8.82. The van der Waals surface area contributed by atoms with E-state index in [0.717, 1.165) is 62.2 Å². The summed E-state index contributed by atoms with van der Waals surface area (Å²) in [6.45, 7) is 4.54. The maximum Gasteiger partial charge on any atom is 0.229 e. The highest BCUT2D eigenvalue weighted by atomic mass is 16.5. The first-order valence-corrected chi connectivity index (χ1v) is 8.82. The summed E-state index contributed by atoms with van der Waals surface area (Å²) in [7, 11) is 0. The first kappa shape index (κ1) is 16.2. The van der Waals surface area contributed by atoms with Gasteiger partial charge in [-0.15, -0.1) is 0 Å². The van der Waals surface area contributed by atoms with E-state index in [9.17, 15) is 0 Å². The summed E-state index contributed by atoms with van der Waals surface area (Å²) in [5.74, 6) is 2.64. The number of benzene rings is 1. The number of anilines is 2. The molecule has 7 nitrogen and oxygen atoms in total. The average molecular weight is 341 g/mol. The Hall–Kier alpha value is -2.25. The average Bonchev–Trinajstić information content (AvgIpc) is 2.69. The molecule has 132 valence electrons. The zero-order valence-corrected chi connectivity index (χ0v) is 14.2. The summed E-state index contributed by atoms with van der Waals surface area (Å²) >= 11 is 0. The van der Waals surface area contributed by atoms with Gasteiger partial charge in [0.15, 0.2) is 5.82 Å². The van der Waals surface area contributed by atoms with Gasteiger partial charge in [0.25, 0.3) is 0 Å². The Morgan fingerprint density at radius 2 is 1.56 bits per heavy atom. The molecule has 0 aliphatic carbocycles. The Bertz CT molecular complexity index is 674. The van der Waals surface area contributed by atoms with Crippen LogP contribution in [0.5, 0.6) is 0 Å². The molecule has 0 saturated carbocycles. The smallest absolute Gasteiger partial charge is 0.229 e. The van der Waals surface area contributed by atoms with E-state index in [1.165, 1.54) is 0 Å².